The van der Waals surface area contributed by atoms with Crippen LogP contribution in [0.2, 0.25) is 0 Å². The van der Waals surface area contributed by atoms with Crippen LogP contribution in [-0.2, 0) is 9.59 Å². The third-order valence-corrected chi connectivity index (χ3v) is 6.43. The summed E-state index contributed by atoms with van der Waals surface area (Å²) in [7, 11) is 0. The van der Waals surface area contributed by atoms with Gasteiger partial charge in [0.2, 0.25) is 11.8 Å². The Balaban J connectivity index is 1.60. The molecule has 0 bridgehead atoms. The molecule has 0 aromatic heterocycles. The number of carbonyl (C=O) groups excluding carboxylic acids is 2. The van der Waals surface area contributed by atoms with Crippen LogP contribution in [0, 0.1) is 23.2 Å². The van der Waals surface area contributed by atoms with E-state index in [1.54, 1.807) is 0 Å². The van der Waals surface area contributed by atoms with E-state index in [0.29, 0.717) is 18.2 Å². The molecular formula is C20H31N5O2. The smallest absolute Gasteiger partial charge is 0.247 e. The summed E-state index contributed by atoms with van der Waals surface area (Å²) in [6.45, 7) is 7.69. The molecule has 2 saturated heterocycles. The van der Waals surface area contributed by atoms with E-state index in [2.05, 4.69) is 34.3 Å². The summed E-state index contributed by atoms with van der Waals surface area (Å²) in [5, 5.41) is 21.9. The molecule has 3 aliphatic heterocycles. The molecule has 27 heavy (non-hydrogen) atoms. The highest BCUT2D eigenvalue weighted by Crippen LogP contribution is 2.32. The Morgan fingerprint density at radius 3 is 2.78 bits per heavy atom. The lowest BCUT2D eigenvalue weighted by Gasteiger charge is -2.42. The van der Waals surface area contributed by atoms with Crippen LogP contribution in [0.4, 0.5) is 0 Å². The fraction of sp³-hybridized carbons (Fsp3) is 0.750. The van der Waals surface area contributed by atoms with Crippen molar-refractivity contribution in [2.45, 2.75) is 70.6 Å². The summed E-state index contributed by atoms with van der Waals surface area (Å²) < 4.78 is 0. The van der Waals surface area contributed by atoms with E-state index in [-0.39, 0.29) is 48.2 Å². The van der Waals surface area contributed by atoms with Crippen molar-refractivity contribution < 1.29 is 9.59 Å². The van der Waals surface area contributed by atoms with Crippen molar-refractivity contribution in [1.82, 2.24) is 21.3 Å². The maximum absolute atomic E-state index is 12.6. The van der Waals surface area contributed by atoms with Gasteiger partial charge in [0, 0.05) is 42.2 Å². The molecule has 0 aliphatic carbocycles. The average Bonchev–Trinajstić information content (AvgIpc) is 2.65. The molecular weight excluding hydrogens is 342 g/mol. The first-order chi connectivity index (χ1) is 12.9. The second-order valence-electron chi connectivity index (χ2n) is 8.25. The van der Waals surface area contributed by atoms with E-state index >= 15 is 0 Å². The molecule has 7 heteroatoms. The van der Waals surface area contributed by atoms with Gasteiger partial charge in [-0.1, -0.05) is 5.57 Å². The minimum absolute atomic E-state index is 0.0345. The summed E-state index contributed by atoms with van der Waals surface area (Å²) in [4.78, 5) is 25.1. The molecule has 3 aliphatic rings. The van der Waals surface area contributed by atoms with Crippen molar-refractivity contribution in [3.63, 3.8) is 0 Å². The molecule has 2 fully saturated rings. The van der Waals surface area contributed by atoms with Gasteiger partial charge in [0.05, 0.1) is 18.4 Å². The standard InChI is InChI=1S/C20H31N5O2/c1-11-15(20(27)25-17-6-7-22-13(3)19(11)17)8-18(26)24-12(2)16-5-4-14(9-21)10-23-16/h12-14,16-17,19,22-23H,4-8,10H2,1-3H3,(H,24,26)(H,25,27). The third-order valence-electron chi connectivity index (χ3n) is 6.43. The number of fused-ring (bicyclic) bond motifs is 1. The molecule has 3 heterocycles. The summed E-state index contributed by atoms with van der Waals surface area (Å²) in [5.41, 5.74) is 1.65. The molecule has 0 aromatic carbocycles. The van der Waals surface area contributed by atoms with Gasteiger partial charge >= 0.3 is 0 Å². The second kappa shape index (κ2) is 8.41. The number of amides is 2. The van der Waals surface area contributed by atoms with E-state index in [9.17, 15) is 9.59 Å². The van der Waals surface area contributed by atoms with Crippen LogP contribution in [-0.4, -0.2) is 49.1 Å². The van der Waals surface area contributed by atoms with Crippen molar-refractivity contribution in [2.24, 2.45) is 11.8 Å². The predicted molar refractivity (Wildman–Crippen MR) is 103 cm³/mol. The fourth-order valence-corrected chi connectivity index (χ4v) is 4.80. The Morgan fingerprint density at radius 2 is 2.11 bits per heavy atom. The molecule has 2 amide bonds. The summed E-state index contributed by atoms with van der Waals surface area (Å²) in [6.07, 6.45) is 2.76. The number of piperidine rings is 2. The van der Waals surface area contributed by atoms with Crippen LogP contribution in [0.15, 0.2) is 11.1 Å². The van der Waals surface area contributed by atoms with Crippen LogP contribution in [0.1, 0.15) is 46.5 Å². The highest BCUT2D eigenvalue weighted by molar-refractivity contribution is 6.00. The first kappa shape index (κ1) is 19.8. The zero-order valence-electron chi connectivity index (χ0n) is 16.5. The van der Waals surface area contributed by atoms with E-state index in [1.165, 1.54) is 0 Å². The normalized spacial score (nSPS) is 34.9. The molecule has 148 valence electrons. The number of nitrogens with one attached hydrogen (secondary N) is 4. The molecule has 7 nitrogen and oxygen atoms in total. The van der Waals surface area contributed by atoms with Gasteiger partial charge in [0.1, 0.15) is 0 Å². The van der Waals surface area contributed by atoms with Crippen LogP contribution in [0.3, 0.4) is 0 Å². The molecule has 0 spiro atoms. The number of nitrogens with zero attached hydrogens (tertiary/aromatic N) is 1. The molecule has 6 unspecified atom stereocenters. The van der Waals surface area contributed by atoms with Crippen LogP contribution >= 0.6 is 0 Å². The minimum Gasteiger partial charge on any atom is -0.352 e. The van der Waals surface area contributed by atoms with Gasteiger partial charge in [-0.3, -0.25) is 9.59 Å². The Bertz CT molecular complexity index is 660. The van der Waals surface area contributed by atoms with Crippen molar-refractivity contribution in [1.29, 1.82) is 5.26 Å². The lowest BCUT2D eigenvalue weighted by Crippen LogP contribution is -2.57. The Morgan fingerprint density at radius 1 is 1.33 bits per heavy atom. The molecule has 0 saturated carbocycles. The minimum atomic E-state index is -0.119. The Labute approximate surface area is 161 Å². The SMILES string of the molecule is CC1=C(CC(=O)NC(C)C2CCC(C#N)CN2)C(=O)NC2CCNC(C)C12. The van der Waals surface area contributed by atoms with Gasteiger partial charge in [-0.15, -0.1) is 0 Å². The zero-order valence-corrected chi connectivity index (χ0v) is 16.5. The number of hydrogen-bond acceptors (Lipinski definition) is 5. The average molecular weight is 374 g/mol. The zero-order chi connectivity index (χ0) is 19.6. The van der Waals surface area contributed by atoms with Gasteiger partial charge in [-0.05, 0) is 46.6 Å². The van der Waals surface area contributed by atoms with Gasteiger partial charge in [0.15, 0.2) is 0 Å². The maximum atomic E-state index is 12.6. The predicted octanol–water partition coefficient (Wildman–Crippen LogP) is 0.586. The Kier molecular flexibility index (Phi) is 6.18. The van der Waals surface area contributed by atoms with E-state index in [1.807, 2.05) is 13.8 Å². The van der Waals surface area contributed by atoms with Crippen LogP contribution in [0.5, 0.6) is 0 Å². The van der Waals surface area contributed by atoms with Gasteiger partial charge in [0.25, 0.3) is 0 Å². The monoisotopic (exact) mass is 373 g/mol. The molecule has 0 radical (unpaired) electrons. The summed E-state index contributed by atoms with van der Waals surface area (Å²) in [5.74, 6) is 0.0888. The van der Waals surface area contributed by atoms with Crippen molar-refractivity contribution in [3.8, 4) is 6.07 Å². The summed E-state index contributed by atoms with van der Waals surface area (Å²) in [6, 6.07) is 2.88. The lowest BCUT2D eigenvalue weighted by molar-refractivity contribution is -0.124. The highest BCUT2D eigenvalue weighted by Gasteiger charge is 2.39. The van der Waals surface area contributed by atoms with E-state index in [4.69, 9.17) is 5.26 Å². The van der Waals surface area contributed by atoms with Crippen LogP contribution in [0.25, 0.3) is 0 Å². The van der Waals surface area contributed by atoms with Gasteiger partial charge < -0.3 is 21.3 Å². The quantitative estimate of drug-likeness (QED) is 0.577. The van der Waals surface area contributed by atoms with Crippen molar-refractivity contribution in [2.75, 3.05) is 13.1 Å². The first-order valence-electron chi connectivity index (χ1n) is 10.1. The third kappa shape index (κ3) is 4.33. The molecule has 6 atom stereocenters. The molecule has 0 aromatic rings. The maximum Gasteiger partial charge on any atom is 0.247 e. The number of hydrogen-bond donors (Lipinski definition) is 4. The van der Waals surface area contributed by atoms with E-state index < -0.39 is 0 Å². The Hall–Kier alpha value is -1.91. The van der Waals surface area contributed by atoms with Crippen LogP contribution < -0.4 is 21.3 Å². The number of nitriles is 1. The topological polar surface area (TPSA) is 106 Å². The van der Waals surface area contributed by atoms with Gasteiger partial charge in [-0.2, -0.15) is 5.26 Å². The highest BCUT2D eigenvalue weighted by atomic mass is 16.2. The van der Waals surface area contributed by atoms with E-state index in [0.717, 1.165) is 31.4 Å². The number of carbonyl (C=O) groups is 2. The molecule has 4 N–H and O–H groups in total. The van der Waals surface area contributed by atoms with Gasteiger partial charge in [-0.25, -0.2) is 0 Å². The number of rotatable bonds is 4. The lowest BCUT2D eigenvalue weighted by atomic mass is 9.76. The summed E-state index contributed by atoms with van der Waals surface area (Å²) >= 11 is 0. The second-order valence-corrected chi connectivity index (χ2v) is 8.25. The largest absolute Gasteiger partial charge is 0.352 e. The van der Waals surface area contributed by atoms with Crippen molar-refractivity contribution >= 4 is 11.8 Å². The fourth-order valence-electron chi connectivity index (χ4n) is 4.80. The molecule has 3 rings (SSSR count). The van der Waals surface area contributed by atoms with Crippen molar-refractivity contribution in [3.05, 3.63) is 11.1 Å². The first-order valence-corrected chi connectivity index (χ1v) is 10.1.